The second-order valence-electron chi connectivity index (χ2n) is 6.56. The summed E-state index contributed by atoms with van der Waals surface area (Å²) in [4.78, 5) is 16.4. The van der Waals surface area contributed by atoms with Crippen LogP contribution in [-0.2, 0) is 10.3 Å². The van der Waals surface area contributed by atoms with E-state index in [0.717, 1.165) is 4.47 Å². The summed E-state index contributed by atoms with van der Waals surface area (Å²) < 4.78 is 20.1. The number of nitrogens with zero attached hydrogens (tertiary/aromatic N) is 1. The molecule has 1 aliphatic heterocycles. The molecule has 1 aliphatic rings. The molecule has 126 valence electrons. The molecule has 0 spiro atoms. The van der Waals surface area contributed by atoms with Crippen molar-refractivity contribution in [2.75, 3.05) is 19.9 Å². The minimum Gasteiger partial charge on any atom is -0.371 e. The summed E-state index contributed by atoms with van der Waals surface area (Å²) >= 11 is 3.38. The number of nitrogens with one attached hydrogen (secondary N) is 2. The van der Waals surface area contributed by atoms with Crippen LogP contribution in [0.4, 0.5) is 9.18 Å². The van der Waals surface area contributed by atoms with Gasteiger partial charge in [-0.15, -0.1) is 0 Å². The van der Waals surface area contributed by atoms with Crippen LogP contribution in [0.25, 0.3) is 0 Å². The van der Waals surface area contributed by atoms with E-state index in [1.165, 1.54) is 0 Å². The Balaban J connectivity index is 2.23. The fraction of sp³-hybridized carbons (Fsp3) is 0.500. The molecule has 0 saturated carbocycles. The monoisotopic (exact) mass is 385 g/mol. The zero-order valence-corrected chi connectivity index (χ0v) is 15.0. The molecule has 1 unspecified atom stereocenters. The molecule has 2 rings (SSSR count). The van der Waals surface area contributed by atoms with Gasteiger partial charge < -0.3 is 10.1 Å². The number of carbonyl (C=O) groups is 1. The number of ether oxygens (including phenoxy) is 1. The first-order valence-corrected chi connectivity index (χ1v) is 8.11. The van der Waals surface area contributed by atoms with Crippen LogP contribution >= 0.6 is 15.9 Å². The topological polar surface area (TPSA) is 62.7 Å². The van der Waals surface area contributed by atoms with E-state index in [0.29, 0.717) is 11.4 Å². The Morgan fingerprint density at radius 2 is 2.22 bits per heavy atom. The van der Waals surface area contributed by atoms with Crippen molar-refractivity contribution in [1.29, 1.82) is 0 Å². The lowest BCUT2D eigenvalue weighted by atomic mass is 9.92. The van der Waals surface area contributed by atoms with E-state index < -0.39 is 12.2 Å². The quantitative estimate of drug-likeness (QED) is 0.821. The largest absolute Gasteiger partial charge is 0.371 e. The van der Waals surface area contributed by atoms with Gasteiger partial charge >= 0.3 is 6.03 Å². The Morgan fingerprint density at radius 1 is 1.48 bits per heavy atom. The molecule has 1 aromatic carbocycles. The van der Waals surface area contributed by atoms with Crippen LogP contribution in [0, 0.1) is 0 Å². The summed E-state index contributed by atoms with van der Waals surface area (Å²) in [5.41, 5.74) is -0.807. The third-order valence-electron chi connectivity index (χ3n) is 3.26. The van der Waals surface area contributed by atoms with Gasteiger partial charge in [-0.25, -0.2) is 9.18 Å². The minimum absolute atomic E-state index is 0.131. The number of hydrogen-bond donors (Lipinski definition) is 2. The Kier molecular flexibility index (Phi) is 5.41. The maximum Gasteiger partial charge on any atom is 0.320 e. The summed E-state index contributed by atoms with van der Waals surface area (Å²) in [6.45, 7) is 5.19. The first-order valence-electron chi connectivity index (χ1n) is 7.32. The number of hydrogen-bond acceptors (Lipinski definition) is 3. The van der Waals surface area contributed by atoms with Gasteiger partial charge in [0.15, 0.2) is 0 Å². The van der Waals surface area contributed by atoms with E-state index in [4.69, 9.17) is 4.74 Å². The zero-order chi connectivity index (χ0) is 17.1. The predicted molar refractivity (Wildman–Crippen MR) is 91.5 cm³/mol. The highest BCUT2D eigenvalue weighted by molar-refractivity contribution is 9.10. The van der Waals surface area contributed by atoms with Crippen molar-refractivity contribution in [3.05, 3.63) is 34.3 Å². The number of amides is 2. The summed E-state index contributed by atoms with van der Waals surface area (Å²) in [6, 6.07) is 6.91. The smallest absolute Gasteiger partial charge is 0.320 e. The fourth-order valence-corrected chi connectivity index (χ4v) is 2.68. The SMILES string of the molecule is CC(C)(C)NC(=O)NC1=NC(CF)(c2cccc(Br)c2)COC1. The molecule has 0 radical (unpaired) electrons. The number of alkyl halides is 1. The highest BCUT2D eigenvalue weighted by Gasteiger charge is 2.36. The lowest BCUT2D eigenvalue weighted by Crippen LogP contribution is -2.51. The third kappa shape index (κ3) is 4.75. The maximum absolute atomic E-state index is 13.8. The molecule has 5 nitrogen and oxygen atoms in total. The van der Waals surface area contributed by atoms with Crippen molar-refractivity contribution >= 4 is 27.8 Å². The maximum atomic E-state index is 13.8. The van der Waals surface area contributed by atoms with Gasteiger partial charge in [0.25, 0.3) is 0 Å². The molecule has 0 aliphatic carbocycles. The molecule has 2 amide bonds. The van der Waals surface area contributed by atoms with Crippen LogP contribution < -0.4 is 10.6 Å². The van der Waals surface area contributed by atoms with Crippen LogP contribution in [0.15, 0.2) is 33.7 Å². The normalized spacial score (nSPS) is 21.5. The third-order valence-corrected chi connectivity index (χ3v) is 3.75. The Morgan fingerprint density at radius 3 is 2.83 bits per heavy atom. The van der Waals surface area contributed by atoms with Crippen molar-refractivity contribution in [3.8, 4) is 0 Å². The molecule has 1 atom stereocenters. The van der Waals surface area contributed by atoms with Gasteiger partial charge in [0, 0.05) is 10.0 Å². The Hall–Kier alpha value is -1.47. The van der Waals surface area contributed by atoms with Gasteiger partial charge in [-0.1, -0.05) is 28.1 Å². The second-order valence-corrected chi connectivity index (χ2v) is 7.47. The molecule has 0 aromatic heterocycles. The first kappa shape index (κ1) is 17.9. The van der Waals surface area contributed by atoms with E-state index in [2.05, 4.69) is 31.6 Å². The van der Waals surface area contributed by atoms with Gasteiger partial charge in [-0.3, -0.25) is 10.3 Å². The number of carbonyl (C=O) groups excluding carboxylic acids is 1. The highest BCUT2D eigenvalue weighted by Crippen LogP contribution is 2.31. The van der Waals surface area contributed by atoms with Crippen LogP contribution in [0.5, 0.6) is 0 Å². The molecule has 0 saturated heterocycles. The minimum atomic E-state index is -1.13. The van der Waals surface area contributed by atoms with Crippen LogP contribution in [0.2, 0.25) is 0 Å². The summed E-state index contributed by atoms with van der Waals surface area (Å²) in [6.07, 6.45) is 0. The van der Waals surface area contributed by atoms with Crippen molar-refractivity contribution in [3.63, 3.8) is 0 Å². The molecule has 1 aromatic rings. The number of amidine groups is 1. The van der Waals surface area contributed by atoms with Crippen molar-refractivity contribution in [2.24, 2.45) is 4.99 Å². The number of halogens is 2. The van der Waals surface area contributed by atoms with E-state index in [-0.39, 0.29) is 24.8 Å². The lowest BCUT2D eigenvalue weighted by Gasteiger charge is -2.32. The van der Waals surface area contributed by atoms with E-state index in [9.17, 15) is 9.18 Å². The van der Waals surface area contributed by atoms with Crippen molar-refractivity contribution in [2.45, 2.75) is 31.8 Å². The van der Waals surface area contributed by atoms with Gasteiger partial charge in [-0.2, -0.15) is 0 Å². The average Bonchev–Trinajstić information content (AvgIpc) is 2.45. The molecular weight excluding hydrogens is 365 g/mol. The summed E-state index contributed by atoms with van der Waals surface area (Å²) in [5.74, 6) is 0.315. The van der Waals surface area contributed by atoms with Gasteiger partial charge in [-0.05, 0) is 38.5 Å². The standard InChI is InChI=1S/C16H21BrFN3O2/c1-15(2,3)21-14(22)19-13-8-23-10-16(9-18,20-13)11-5-4-6-12(17)7-11/h4-7H,8-10H2,1-3H3,(H2,19,20,21,22). The molecule has 2 N–H and O–H groups in total. The Labute approximate surface area is 143 Å². The van der Waals surface area contributed by atoms with E-state index >= 15 is 0 Å². The number of rotatable bonds is 2. The van der Waals surface area contributed by atoms with Gasteiger partial charge in [0.2, 0.25) is 0 Å². The molecule has 1 heterocycles. The molecule has 23 heavy (non-hydrogen) atoms. The molecule has 0 fully saturated rings. The first-order chi connectivity index (χ1) is 10.7. The average molecular weight is 386 g/mol. The lowest BCUT2D eigenvalue weighted by molar-refractivity contribution is 0.0815. The highest BCUT2D eigenvalue weighted by atomic mass is 79.9. The van der Waals surface area contributed by atoms with Gasteiger partial charge in [0.05, 0.1) is 6.61 Å². The molecule has 0 bridgehead atoms. The van der Waals surface area contributed by atoms with Crippen LogP contribution in [0.3, 0.4) is 0 Å². The number of benzene rings is 1. The second kappa shape index (κ2) is 6.97. The van der Waals surface area contributed by atoms with E-state index in [1.807, 2.05) is 39.0 Å². The predicted octanol–water partition coefficient (Wildman–Crippen LogP) is 3.14. The number of aliphatic imine (C=N–C) groups is 1. The van der Waals surface area contributed by atoms with Crippen molar-refractivity contribution < 1.29 is 13.9 Å². The Bertz CT molecular complexity index is 616. The molecular formula is C16H21BrFN3O2. The van der Waals surface area contributed by atoms with E-state index in [1.54, 1.807) is 6.07 Å². The van der Waals surface area contributed by atoms with Gasteiger partial charge in [0.1, 0.15) is 24.7 Å². The summed E-state index contributed by atoms with van der Waals surface area (Å²) in [5, 5.41) is 5.42. The number of urea groups is 1. The van der Waals surface area contributed by atoms with Crippen LogP contribution in [0.1, 0.15) is 26.3 Å². The summed E-state index contributed by atoms with van der Waals surface area (Å²) in [7, 11) is 0. The fourth-order valence-electron chi connectivity index (χ4n) is 2.28. The van der Waals surface area contributed by atoms with Crippen molar-refractivity contribution in [1.82, 2.24) is 10.6 Å². The molecule has 7 heteroatoms. The van der Waals surface area contributed by atoms with Crippen LogP contribution in [-0.4, -0.2) is 37.3 Å². The zero-order valence-electron chi connectivity index (χ0n) is 13.5.